The van der Waals surface area contributed by atoms with Crippen molar-refractivity contribution >= 4 is 45.0 Å². The van der Waals surface area contributed by atoms with Crippen molar-refractivity contribution in [2.75, 3.05) is 62.2 Å². The number of aryl methyl sites for hydroxylation is 1. The average molecular weight is 977 g/mol. The smallest absolute Gasteiger partial charge is 0.319 e. The number of imide groups is 1. The van der Waals surface area contributed by atoms with Crippen LogP contribution in [0.1, 0.15) is 101 Å². The van der Waals surface area contributed by atoms with Crippen LogP contribution in [0.3, 0.4) is 0 Å². The molecule has 2 bridgehead atoms. The number of likely N-dealkylation sites (tertiary alicyclic amines) is 1. The Labute approximate surface area is 409 Å². The van der Waals surface area contributed by atoms with Crippen molar-refractivity contribution in [3.63, 3.8) is 0 Å². The van der Waals surface area contributed by atoms with Gasteiger partial charge in [-0.05, 0) is 129 Å². The highest BCUT2D eigenvalue weighted by Crippen LogP contribution is 2.52. The van der Waals surface area contributed by atoms with Crippen LogP contribution < -0.4 is 25.2 Å². The van der Waals surface area contributed by atoms with Crippen molar-refractivity contribution in [3.8, 4) is 23.0 Å². The van der Waals surface area contributed by atoms with Crippen molar-refractivity contribution < 1.29 is 41.7 Å². The molecule has 3 unspecified atom stereocenters. The third-order valence-electron chi connectivity index (χ3n) is 17.0. The number of aromatic nitrogens is 3. The summed E-state index contributed by atoms with van der Waals surface area (Å²) in [5.74, 6) is -4.16. The third-order valence-corrected chi connectivity index (χ3v) is 17.0. The van der Waals surface area contributed by atoms with Gasteiger partial charge < -0.3 is 34.6 Å². The molecule has 374 valence electrons. The van der Waals surface area contributed by atoms with Crippen molar-refractivity contribution in [2.45, 2.75) is 121 Å². The van der Waals surface area contributed by atoms with E-state index in [4.69, 9.17) is 19.4 Å². The molecule has 7 fully saturated rings. The van der Waals surface area contributed by atoms with Gasteiger partial charge in [-0.2, -0.15) is 9.97 Å². The second-order valence-electron chi connectivity index (χ2n) is 21.8. The summed E-state index contributed by atoms with van der Waals surface area (Å²) in [4.78, 5) is 45.0. The Kier molecular flexibility index (Phi) is 11.9. The van der Waals surface area contributed by atoms with Crippen LogP contribution in [0.2, 0.25) is 0 Å². The molecule has 2 aromatic heterocycles. The number of anilines is 2. The lowest BCUT2D eigenvalue weighted by Crippen LogP contribution is -2.51. The highest BCUT2D eigenvalue weighted by Gasteiger charge is 2.49. The summed E-state index contributed by atoms with van der Waals surface area (Å²) in [5, 5.41) is 18.2. The SMILES string of the molecule is CCc1c(F)ccc2cc(O)cc(-c3ncc4c(N5CC6CCC(C5)N6)nc(OCC5(CN6CCC(OC7CC8(CCN(c9cc(F)c(C%10CCC(=O)NC%10=O)c(F)c9)CC8)C7)CC6)CC5)nc4c3F)c12. The Morgan fingerprint density at radius 3 is 2.25 bits per heavy atom. The number of benzene rings is 3. The van der Waals surface area contributed by atoms with Crippen LogP contribution in [-0.2, 0) is 20.7 Å². The maximum Gasteiger partial charge on any atom is 0.319 e. The monoisotopic (exact) mass is 976 g/mol. The molecule has 3 aromatic carbocycles. The van der Waals surface area contributed by atoms with Gasteiger partial charge in [-0.3, -0.25) is 19.9 Å². The van der Waals surface area contributed by atoms with Gasteiger partial charge in [0, 0.05) is 92.7 Å². The first-order chi connectivity index (χ1) is 34.3. The van der Waals surface area contributed by atoms with E-state index in [-0.39, 0.29) is 64.4 Å². The molecule has 5 aliphatic heterocycles. The predicted octanol–water partition coefficient (Wildman–Crippen LogP) is 8.22. The second kappa shape index (κ2) is 18.1. The molecule has 5 aromatic rings. The molecule has 17 heteroatoms. The van der Waals surface area contributed by atoms with Crippen LogP contribution in [0.25, 0.3) is 32.9 Å². The number of fused-ring (bicyclic) bond motifs is 4. The summed E-state index contributed by atoms with van der Waals surface area (Å²) >= 11 is 0. The van der Waals surface area contributed by atoms with Crippen molar-refractivity contribution in [1.29, 1.82) is 0 Å². The highest BCUT2D eigenvalue weighted by molar-refractivity contribution is 6.02. The normalized spacial score (nSPS) is 24.5. The van der Waals surface area contributed by atoms with Gasteiger partial charge in [0.15, 0.2) is 5.82 Å². The molecule has 0 radical (unpaired) electrons. The number of hydrogen-bond acceptors (Lipinski definition) is 12. The molecule has 13 nitrogen and oxygen atoms in total. The summed E-state index contributed by atoms with van der Waals surface area (Å²) in [7, 11) is 0. The molecule has 7 heterocycles. The number of nitrogens with one attached hydrogen (secondary N) is 2. The van der Waals surface area contributed by atoms with Crippen LogP contribution in [-0.4, -0.2) is 113 Å². The number of piperidine rings is 3. The first kappa shape index (κ1) is 46.4. The van der Waals surface area contributed by atoms with Gasteiger partial charge in [-0.15, -0.1) is 0 Å². The lowest BCUT2D eigenvalue weighted by Gasteiger charge is -2.53. The molecule has 71 heavy (non-hydrogen) atoms. The van der Waals surface area contributed by atoms with Gasteiger partial charge in [0.05, 0.1) is 30.1 Å². The Bertz CT molecular complexity index is 2900. The zero-order valence-electron chi connectivity index (χ0n) is 40.1. The standard InChI is InChI=1S/C54H60F4N8O5/c1-2-37-41(55)7-3-30-19-34(67)22-39(45(30)37)48-47(58)49-40(25-59-48)50(66-26-31-4-5-32(27-66)60-31)63-52(62-49)70-29-54(11-12-54)28-64-15-9-35(10-16-64)71-36-23-53(24-36)13-17-65(18-14-53)33-20-42(56)46(43(57)21-33)38-6-8-44(68)61-51(38)69/h3,7,19-22,25,31-32,35-36,38,60,67H,2,4-6,8-18,23-24,26-29H2,1H3,(H,61,68,69). The van der Waals surface area contributed by atoms with E-state index < -0.39 is 41.0 Å². The van der Waals surface area contributed by atoms with E-state index in [9.17, 15) is 14.7 Å². The summed E-state index contributed by atoms with van der Waals surface area (Å²) in [5.41, 5.74) is 1.10. The summed E-state index contributed by atoms with van der Waals surface area (Å²) < 4.78 is 76.1. The van der Waals surface area contributed by atoms with Gasteiger partial charge in [0.2, 0.25) is 11.8 Å². The van der Waals surface area contributed by atoms with Crippen LogP contribution in [0.15, 0.2) is 42.6 Å². The Morgan fingerprint density at radius 2 is 1.56 bits per heavy atom. The zero-order chi connectivity index (χ0) is 48.8. The van der Waals surface area contributed by atoms with E-state index in [0.717, 1.165) is 83.8 Å². The zero-order valence-corrected chi connectivity index (χ0v) is 40.1. The van der Waals surface area contributed by atoms with E-state index in [1.165, 1.54) is 24.3 Å². The van der Waals surface area contributed by atoms with Crippen LogP contribution >= 0.6 is 0 Å². The summed E-state index contributed by atoms with van der Waals surface area (Å²) in [6.07, 6.45) is 12.4. The van der Waals surface area contributed by atoms with E-state index in [0.29, 0.717) is 90.1 Å². The van der Waals surface area contributed by atoms with Crippen LogP contribution in [0, 0.1) is 34.1 Å². The maximum absolute atomic E-state index is 17.2. The van der Waals surface area contributed by atoms with Gasteiger partial charge in [-0.1, -0.05) is 13.0 Å². The Hall–Kier alpha value is -5.65. The second-order valence-corrected chi connectivity index (χ2v) is 21.8. The van der Waals surface area contributed by atoms with E-state index >= 15 is 17.6 Å². The highest BCUT2D eigenvalue weighted by atomic mass is 19.1. The molecular formula is C54H60F4N8O5. The van der Waals surface area contributed by atoms with E-state index in [1.54, 1.807) is 18.3 Å². The van der Waals surface area contributed by atoms with Gasteiger partial charge in [0.25, 0.3) is 0 Å². The number of pyridine rings is 1. The van der Waals surface area contributed by atoms with Gasteiger partial charge in [0.1, 0.15) is 40.2 Å². The average Bonchev–Trinajstić information content (AvgIpc) is 4.03. The van der Waals surface area contributed by atoms with Crippen LogP contribution in [0.4, 0.5) is 29.1 Å². The quantitative estimate of drug-likeness (QED) is 0.0819. The third kappa shape index (κ3) is 8.83. The number of amides is 2. The number of phenols is 1. The number of piperazine rings is 1. The number of ether oxygens (including phenoxy) is 2. The van der Waals surface area contributed by atoms with Crippen molar-refractivity contribution in [3.05, 3.63) is 77.0 Å². The van der Waals surface area contributed by atoms with Crippen molar-refractivity contribution in [1.82, 2.24) is 30.5 Å². The molecule has 2 amide bonds. The Morgan fingerprint density at radius 1 is 0.831 bits per heavy atom. The molecule has 2 saturated carbocycles. The minimum absolute atomic E-state index is 0.0231. The molecule has 7 aliphatic rings. The molecule has 1 spiro atoms. The minimum Gasteiger partial charge on any atom is -0.508 e. The summed E-state index contributed by atoms with van der Waals surface area (Å²) in [6.45, 7) is 7.77. The summed E-state index contributed by atoms with van der Waals surface area (Å²) in [6, 6.07) is 9.33. The first-order valence-electron chi connectivity index (χ1n) is 25.7. The number of carbonyl (C=O) groups is 2. The number of hydrogen-bond donors (Lipinski definition) is 3. The molecule has 5 saturated heterocycles. The lowest BCUT2D eigenvalue weighted by molar-refractivity contribution is -0.134. The molecular weight excluding hydrogens is 917 g/mol. The first-order valence-corrected chi connectivity index (χ1v) is 25.7. The lowest BCUT2D eigenvalue weighted by atomic mass is 9.61. The topological polar surface area (TPSA) is 145 Å². The number of rotatable bonds is 12. The largest absolute Gasteiger partial charge is 0.508 e. The molecule has 2 aliphatic carbocycles. The van der Waals surface area contributed by atoms with Crippen LogP contribution in [0.5, 0.6) is 11.8 Å². The predicted molar refractivity (Wildman–Crippen MR) is 259 cm³/mol. The number of nitrogens with zero attached hydrogens (tertiary/aromatic N) is 6. The maximum atomic E-state index is 17.2. The molecule has 3 N–H and O–H groups in total. The molecule has 12 rings (SSSR count). The van der Waals surface area contributed by atoms with Gasteiger partial charge in [-0.25, -0.2) is 17.6 Å². The number of carbonyl (C=O) groups excluding carboxylic acids is 2. The number of aromatic hydroxyl groups is 1. The number of phenolic OH excluding ortho intramolecular Hbond substituents is 1. The molecule has 3 atom stereocenters. The number of halogens is 4. The Balaban J connectivity index is 0.671. The van der Waals surface area contributed by atoms with E-state index in [2.05, 4.69) is 25.4 Å². The fraction of sp³-hybridized carbons (Fsp3) is 0.537. The minimum atomic E-state index is -1.01. The fourth-order valence-electron chi connectivity index (χ4n) is 12.9. The fourth-order valence-corrected chi connectivity index (χ4v) is 12.9. The van der Waals surface area contributed by atoms with Crippen molar-refractivity contribution in [2.24, 2.45) is 10.8 Å². The van der Waals surface area contributed by atoms with Gasteiger partial charge >= 0.3 is 6.01 Å². The van der Waals surface area contributed by atoms with E-state index in [1.807, 2.05) is 11.8 Å².